The second-order valence-corrected chi connectivity index (χ2v) is 5.61. The summed E-state index contributed by atoms with van der Waals surface area (Å²) in [5.74, 6) is 0.00154. The maximum Gasteiger partial charge on any atom is 0.256 e. The van der Waals surface area contributed by atoms with Crippen LogP contribution in [0.2, 0.25) is 10.0 Å². The van der Waals surface area contributed by atoms with Crippen molar-refractivity contribution in [2.24, 2.45) is 0 Å². The van der Waals surface area contributed by atoms with E-state index >= 15 is 0 Å². The second-order valence-electron chi connectivity index (χ2n) is 4.40. The van der Waals surface area contributed by atoms with E-state index in [0.717, 1.165) is 19.4 Å². The molecule has 0 saturated carbocycles. The molecule has 2 fully saturated rings. The van der Waals surface area contributed by atoms with Gasteiger partial charge in [0.1, 0.15) is 6.04 Å². The summed E-state index contributed by atoms with van der Waals surface area (Å²) in [5, 5.41) is 1.56. The normalized spacial score (nSPS) is 22.9. The number of anilines is 1. The van der Waals surface area contributed by atoms with Crippen molar-refractivity contribution in [3.05, 3.63) is 28.2 Å². The zero-order valence-electron chi connectivity index (χ0n) is 9.40. The lowest BCUT2D eigenvalue weighted by Gasteiger charge is -2.19. The lowest BCUT2D eigenvalue weighted by Crippen LogP contribution is -2.33. The third kappa shape index (κ3) is 1.71. The fourth-order valence-electron chi connectivity index (χ4n) is 2.50. The summed E-state index contributed by atoms with van der Waals surface area (Å²) in [5.41, 5.74) is 0.577. The predicted molar refractivity (Wildman–Crippen MR) is 76.3 cm³/mol. The first-order chi connectivity index (χ1) is 8.59. The van der Waals surface area contributed by atoms with Crippen LogP contribution in [0, 0.1) is 0 Å². The molecule has 6 heteroatoms. The van der Waals surface area contributed by atoms with Gasteiger partial charge in [0.25, 0.3) is 5.91 Å². The number of hydrogen-bond acceptors (Lipinski definition) is 2. The molecule has 1 aromatic rings. The largest absolute Gasteiger partial charge is 0.336 e. The number of rotatable bonds is 1. The first-order valence-electron chi connectivity index (χ1n) is 5.69. The molecule has 2 aliphatic heterocycles. The van der Waals surface area contributed by atoms with Crippen LogP contribution in [0.25, 0.3) is 0 Å². The van der Waals surface area contributed by atoms with Crippen LogP contribution in [0.15, 0.2) is 18.2 Å². The van der Waals surface area contributed by atoms with E-state index in [4.69, 9.17) is 35.4 Å². The fourth-order valence-corrected chi connectivity index (χ4v) is 3.28. The molecule has 18 heavy (non-hydrogen) atoms. The molecule has 0 spiro atoms. The molecule has 3 nitrogen and oxygen atoms in total. The SMILES string of the molecule is O=C1C2CCCN2C(=S)N1c1cc(Cl)ccc1Cl. The van der Waals surface area contributed by atoms with Crippen LogP contribution < -0.4 is 4.90 Å². The molecule has 0 radical (unpaired) electrons. The van der Waals surface area contributed by atoms with Gasteiger partial charge < -0.3 is 4.90 Å². The molecule has 0 aliphatic carbocycles. The van der Waals surface area contributed by atoms with Gasteiger partial charge in [-0.25, -0.2) is 0 Å². The number of carbonyl (C=O) groups is 1. The van der Waals surface area contributed by atoms with E-state index in [-0.39, 0.29) is 11.9 Å². The number of nitrogens with zero attached hydrogens (tertiary/aromatic N) is 2. The summed E-state index contributed by atoms with van der Waals surface area (Å²) in [6, 6.07) is 4.93. The standard InChI is InChI=1S/C12H10Cl2N2OS/c13-7-3-4-8(14)10(6-7)16-11(17)9-2-1-5-15(9)12(16)18/h3-4,6,9H,1-2,5H2. The van der Waals surface area contributed by atoms with Gasteiger partial charge in [0, 0.05) is 11.6 Å². The average molecular weight is 301 g/mol. The molecular weight excluding hydrogens is 291 g/mol. The fraction of sp³-hybridized carbons (Fsp3) is 0.333. The Morgan fingerprint density at radius 1 is 1.33 bits per heavy atom. The third-order valence-electron chi connectivity index (χ3n) is 3.34. The van der Waals surface area contributed by atoms with E-state index < -0.39 is 0 Å². The Bertz CT molecular complexity index is 527. The smallest absolute Gasteiger partial charge is 0.256 e. The summed E-state index contributed by atoms with van der Waals surface area (Å²) in [7, 11) is 0. The quantitative estimate of drug-likeness (QED) is 0.745. The Morgan fingerprint density at radius 3 is 2.83 bits per heavy atom. The van der Waals surface area contributed by atoms with Gasteiger partial charge in [-0.2, -0.15) is 0 Å². The topological polar surface area (TPSA) is 23.6 Å². The van der Waals surface area contributed by atoms with E-state index in [1.807, 2.05) is 4.90 Å². The van der Waals surface area contributed by atoms with Crippen LogP contribution in [0.5, 0.6) is 0 Å². The van der Waals surface area contributed by atoms with Crippen LogP contribution in [0.1, 0.15) is 12.8 Å². The van der Waals surface area contributed by atoms with Gasteiger partial charge in [-0.1, -0.05) is 23.2 Å². The van der Waals surface area contributed by atoms with Gasteiger partial charge in [-0.15, -0.1) is 0 Å². The highest BCUT2D eigenvalue weighted by Gasteiger charge is 2.45. The van der Waals surface area contributed by atoms with Crippen molar-refractivity contribution in [3.8, 4) is 0 Å². The number of thiocarbonyl (C=S) groups is 1. The molecule has 2 heterocycles. The van der Waals surface area contributed by atoms with Gasteiger partial charge in [0.15, 0.2) is 5.11 Å². The number of fused-ring (bicyclic) bond motifs is 1. The number of halogens is 2. The molecule has 1 unspecified atom stereocenters. The van der Waals surface area contributed by atoms with E-state index in [0.29, 0.717) is 20.8 Å². The molecule has 0 N–H and O–H groups in total. The average Bonchev–Trinajstić information content (AvgIpc) is 2.89. The molecule has 3 rings (SSSR count). The highest BCUT2D eigenvalue weighted by atomic mass is 35.5. The summed E-state index contributed by atoms with van der Waals surface area (Å²) in [6.07, 6.45) is 1.86. The van der Waals surface area contributed by atoms with Crippen molar-refractivity contribution in [2.75, 3.05) is 11.4 Å². The minimum absolute atomic E-state index is 0.00154. The molecule has 1 amide bonds. The highest BCUT2D eigenvalue weighted by Crippen LogP contribution is 2.36. The van der Waals surface area contributed by atoms with E-state index in [1.54, 1.807) is 18.2 Å². The summed E-state index contributed by atoms with van der Waals surface area (Å²) in [6.45, 7) is 0.837. The molecule has 0 aromatic heterocycles. The van der Waals surface area contributed by atoms with Crippen LogP contribution in [-0.4, -0.2) is 28.5 Å². The van der Waals surface area contributed by atoms with Crippen LogP contribution in [0.4, 0.5) is 5.69 Å². The minimum Gasteiger partial charge on any atom is -0.336 e. The van der Waals surface area contributed by atoms with Crippen LogP contribution >= 0.6 is 35.4 Å². The Hall–Kier alpha value is -0.840. The van der Waals surface area contributed by atoms with Crippen molar-refractivity contribution in [3.63, 3.8) is 0 Å². The van der Waals surface area contributed by atoms with Crippen LogP contribution in [-0.2, 0) is 4.79 Å². The van der Waals surface area contributed by atoms with Crippen molar-refractivity contribution < 1.29 is 4.79 Å². The summed E-state index contributed by atoms with van der Waals surface area (Å²) in [4.78, 5) is 15.8. The zero-order chi connectivity index (χ0) is 12.9. The Kier molecular flexibility index (Phi) is 2.96. The number of benzene rings is 1. The molecule has 94 valence electrons. The lowest BCUT2D eigenvalue weighted by atomic mass is 10.2. The first kappa shape index (κ1) is 12.2. The molecule has 1 atom stereocenters. The Morgan fingerprint density at radius 2 is 2.11 bits per heavy atom. The monoisotopic (exact) mass is 300 g/mol. The van der Waals surface area contributed by atoms with Gasteiger partial charge in [0.05, 0.1) is 10.7 Å². The minimum atomic E-state index is -0.118. The maximum atomic E-state index is 12.4. The van der Waals surface area contributed by atoms with E-state index in [2.05, 4.69) is 0 Å². The van der Waals surface area contributed by atoms with Crippen LogP contribution in [0.3, 0.4) is 0 Å². The third-order valence-corrected chi connectivity index (χ3v) is 4.32. The molecule has 1 aromatic carbocycles. The van der Waals surface area contributed by atoms with E-state index in [9.17, 15) is 4.79 Å². The van der Waals surface area contributed by atoms with E-state index in [1.165, 1.54) is 4.90 Å². The molecule has 2 saturated heterocycles. The van der Waals surface area contributed by atoms with Gasteiger partial charge in [-0.05, 0) is 43.3 Å². The number of carbonyl (C=O) groups excluding carboxylic acids is 1. The summed E-state index contributed by atoms with van der Waals surface area (Å²) >= 11 is 17.5. The van der Waals surface area contributed by atoms with Crippen molar-refractivity contribution in [2.45, 2.75) is 18.9 Å². The first-order valence-corrected chi connectivity index (χ1v) is 6.85. The van der Waals surface area contributed by atoms with Crippen molar-refractivity contribution >= 4 is 52.1 Å². The Balaban J connectivity index is 2.05. The maximum absolute atomic E-state index is 12.4. The second kappa shape index (κ2) is 4.37. The molecule has 0 bridgehead atoms. The highest BCUT2D eigenvalue weighted by molar-refractivity contribution is 7.80. The van der Waals surface area contributed by atoms with Gasteiger partial charge in [0.2, 0.25) is 0 Å². The predicted octanol–water partition coefficient (Wildman–Crippen LogP) is 3.09. The number of amides is 1. The van der Waals surface area contributed by atoms with Crippen molar-refractivity contribution in [1.29, 1.82) is 0 Å². The van der Waals surface area contributed by atoms with Gasteiger partial charge in [-0.3, -0.25) is 9.69 Å². The Labute approximate surface area is 120 Å². The van der Waals surface area contributed by atoms with Gasteiger partial charge >= 0.3 is 0 Å². The van der Waals surface area contributed by atoms with Crippen molar-refractivity contribution in [1.82, 2.24) is 4.90 Å². The molecule has 2 aliphatic rings. The molecular formula is C12H10Cl2N2OS. The number of hydrogen-bond donors (Lipinski definition) is 0. The summed E-state index contributed by atoms with van der Waals surface area (Å²) < 4.78 is 0. The lowest BCUT2D eigenvalue weighted by molar-refractivity contribution is -0.119. The zero-order valence-corrected chi connectivity index (χ0v) is 11.7.